The fourth-order valence-corrected chi connectivity index (χ4v) is 3.85. The largest absolute Gasteiger partial charge is 0.392 e. The maximum absolute atomic E-state index is 11.9. The van der Waals surface area contributed by atoms with Gasteiger partial charge >= 0.3 is 0 Å². The number of hydrogen-bond acceptors (Lipinski definition) is 4. The highest BCUT2D eigenvalue weighted by Crippen LogP contribution is 2.20. The van der Waals surface area contributed by atoms with Gasteiger partial charge < -0.3 is 5.11 Å². The maximum atomic E-state index is 11.9. The van der Waals surface area contributed by atoms with E-state index in [1.54, 1.807) is 5.38 Å². The lowest BCUT2D eigenvalue weighted by molar-refractivity contribution is 0.282. The molecule has 1 rings (SSSR count). The normalized spacial score (nSPS) is 12.2. The molecule has 1 aromatic heterocycles. The zero-order valence-electron chi connectivity index (χ0n) is 10.8. The summed E-state index contributed by atoms with van der Waals surface area (Å²) < 4.78 is 26.6. The second kappa shape index (κ2) is 7.23. The molecule has 0 aromatic carbocycles. The molecule has 1 aromatic rings. The number of hydrogen-bond donors (Lipinski definition) is 2. The van der Waals surface area contributed by atoms with Crippen molar-refractivity contribution in [3.8, 4) is 0 Å². The third kappa shape index (κ3) is 5.06. The van der Waals surface area contributed by atoms with Crippen molar-refractivity contribution < 1.29 is 13.5 Å². The Kier molecular flexibility index (Phi) is 6.28. The van der Waals surface area contributed by atoms with Crippen LogP contribution in [0.4, 0.5) is 0 Å². The molecule has 0 aliphatic carbocycles. The smallest absolute Gasteiger partial charge is 0.250 e. The minimum Gasteiger partial charge on any atom is -0.392 e. The Morgan fingerprint density at radius 2 is 2.11 bits per heavy atom. The maximum Gasteiger partial charge on any atom is 0.250 e. The third-order valence-corrected chi connectivity index (χ3v) is 5.53. The van der Waals surface area contributed by atoms with Crippen LogP contribution in [0.2, 0.25) is 0 Å². The van der Waals surface area contributed by atoms with Gasteiger partial charge in [0.25, 0.3) is 0 Å². The second-order valence-electron chi connectivity index (χ2n) is 4.72. The highest BCUT2D eigenvalue weighted by molar-refractivity contribution is 7.91. The van der Waals surface area contributed by atoms with E-state index in [0.29, 0.717) is 18.0 Å². The van der Waals surface area contributed by atoms with Crippen LogP contribution in [0.5, 0.6) is 0 Å². The van der Waals surface area contributed by atoms with Crippen LogP contribution in [0.15, 0.2) is 15.7 Å². The first-order chi connectivity index (χ1) is 8.45. The third-order valence-electron chi connectivity index (χ3n) is 2.58. The fraction of sp³-hybridized carbons (Fsp3) is 0.667. The molecule has 2 N–H and O–H groups in total. The Balaban J connectivity index is 2.40. The van der Waals surface area contributed by atoms with Crippen LogP contribution in [0, 0.1) is 5.92 Å². The van der Waals surface area contributed by atoms with E-state index in [1.807, 2.05) is 0 Å². The van der Waals surface area contributed by atoms with Crippen molar-refractivity contribution in [1.29, 1.82) is 0 Å². The predicted octanol–water partition coefficient (Wildman–Crippen LogP) is 2.35. The molecule has 1 heterocycles. The van der Waals surface area contributed by atoms with Gasteiger partial charge in [0, 0.05) is 6.54 Å². The SMILES string of the molecule is CC(C)CCCCNS(=O)(=O)c1cc(CO)cs1. The van der Waals surface area contributed by atoms with Crippen LogP contribution in [0.1, 0.15) is 38.7 Å². The standard InChI is InChI=1S/C12H21NO3S2/c1-10(2)5-3-4-6-13-18(15,16)12-7-11(8-14)9-17-12/h7,9-10,13-14H,3-6,8H2,1-2H3. The molecular weight excluding hydrogens is 270 g/mol. The quantitative estimate of drug-likeness (QED) is 0.723. The van der Waals surface area contributed by atoms with Gasteiger partial charge in [0.05, 0.1) is 6.61 Å². The van der Waals surface area contributed by atoms with Gasteiger partial charge in [-0.3, -0.25) is 0 Å². The van der Waals surface area contributed by atoms with Crippen molar-refractivity contribution in [2.45, 2.75) is 43.9 Å². The lowest BCUT2D eigenvalue weighted by atomic mass is 10.1. The van der Waals surface area contributed by atoms with Gasteiger partial charge in [-0.2, -0.15) is 0 Å². The summed E-state index contributed by atoms with van der Waals surface area (Å²) in [7, 11) is -3.39. The molecule has 6 heteroatoms. The number of thiophene rings is 1. The van der Waals surface area contributed by atoms with Gasteiger partial charge in [0.2, 0.25) is 10.0 Å². The highest BCUT2D eigenvalue weighted by Gasteiger charge is 2.15. The summed E-state index contributed by atoms with van der Waals surface area (Å²) in [5, 5.41) is 10.6. The number of sulfonamides is 1. The number of unbranched alkanes of at least 4 members (excludes halogenated alkanes) is 1. The van der Waals surface area contributed by atoms with Crippen molar-refractivity contribution in [3.05, 3.63) is 17.0 Å². The molecule has 0 spiro atoms. The molecule has 0 unspecified atom stereocenters. The van der Waals surface area contributed by atoms with Crippen molar-refractivity contribution in [1.82, 2.24) is 4.72 Å². The molecule has 0 radical (unpaired) electrons. The minimum atomic E-state index is -3.39. The van der Waals surface area contributed by atoms with Crippen LogP contribution in [-0.2, 0) is 16.6 Å². The van der Waals surface area contributed by atoms with Gasteiger partial charge in [0.15, 0.2) is 0 Å². The number of aliphatic hydroxyl groups is 1. The summed E-state index contributed by atoms with van der Waals surface area (Å²) in [6.45, 7) is 4.67. The lowest BCUT2D eigenvalue weighted by Crippen LogP contribution is -2.24. The van der Waals surface area contributed by atoms with Crippen molar-refractivity contribution in [2.24, 2.45) is 5.92 Å². The Hall–Kier alpha value is -0.430. The van der Waals surface area contributed by atoms with E-state index < -0.39 is 10.0 Å². The minimum absolute atomic E-state index is 0.125. The molecule has 4 nitrogen and oxygen atoms in total. The Bertz CT molecular complexity index is 452. The molecule has 0 aliphatic rings. The van der Waals surface area contributed by atoms with Crippen LogP contribution < -0.4 is 4.72 Å². The Morgan fingerprint density at radius 3 is 2.67 bits per heavy atom. The molecule has 0 bridgehead atoms. The molecular formula is C12H21NO3S2. The van der Waals surface area contributed by atoms with E-state index in [1.165, 1.54) is 6.07 Å². The molecule has 18 heavy (non-hydrogen) atoms. The summed E-state index contributed by atoms with van der Waals surface area (Å²) in [5.74, 6) is 0.658. The first-order valence-corrected chi connectivity index (χ1v) is 8.50. The molecule has 0 atom stereocenters. The average molecular weight is 291 g/mol. The van der Waals surface area contributed by atoms with Gasteiger partial charge in [-0.1, -0.05) is 26.7 Å². The lowest BCUT2D eigenvalue weighted by Gasteiger charge is -2.06. The summed E-state index contributed by atoms with van der Waals surface area (Å²) in [6, 6.07) is 1.51. The molecule has 0 saturated heterocycles. The Morgan fingerprint density at radius 1 is 1.39 bits per heavy atom. The molecule has 0 amide bonds. The van der Waals surface area contributed by atoms with Crippen molar-refractivity contribution >= 4 is 21.4 Å². The summed E-state index contributed by atoms with van der Waals surface area (Å²) >= 11 is 1.14. The predicted molar refractivity (Wildman–Crippen MR) is 74.1 cm³/mol. The summed E-state index contributed by atoms with van der Waals surface area (Å²) in [4.78, 5) is 0. The first kappa shape index (κ1) is 15.6. The molecule has 0 aliphatic heterocycles. The van der Waals surface area contributed by atoms with Crippen LogP contribution in [0.3, 0.4) is 0 Å². The number of aliphatic hydroxyl groups excluding tert-OH is 1. The zero-order chi connectivity index (χ0) is 13.6. The van der Waals surface area contributed by atoms with Crippen LogP contribution in [0.25, 0.3) is 0 Å². The monoisotopic (exact) mass is 291 g/mol. The van der Waals surface area contributed by atoms with E-state index in [0.717, 1.165) is 30.6 Å². The van der Waals surface area contributed by atoms with Gasteiger partial charge in [-0.25, -0.2) is 13.1 Å². The van der Waals surface area contributed by atoms with E-state index in [4.69, 9.17) is 5.11 Å². The summed E-state index contributed by atoms with van der Waals surface area (Å²) in [6.07, 6.45) is 3.01. The van der Waals surface area contributed by atoms with E-state index >= 15 is 0 Å². The molecule has 0 fully saturated rings. The molecule has 0 saturated carbocycles. The van der Waals surface area contributed by atoms with E-state index in [-0.39, 0.29) is 10.8 Å². The van der Waals surface area contributed by atoms with E-state index in [2.05, 4.69) is 18.6 Å². The summed E-state index contributed by atoms with van der Waals surface area (Å²) in [5.41, 5.74) is 0.639. The average Bonchev–Trinajstić information content (AvgIpc) is 2.77. The fourth-order valence-electron chi connectivity index (χ4n) is 1.53. The Labute approximate surface area is 113 Å². The number of rotatable bonds is 8. The van der Waals surface area contributed by atoms with Crippen molar-refractivity contribution in [3.63, 3.8) is 0 Å². The zero-order valence-corrected chi connectivity index (χ0v) is 12.5. The van der Waals surface area contributed by atoms with Gasteiger partial charge in [0.1, 0.15) is 4.21 Å². The highest BCUT2D eigenvalue weighted by atomic mass is 32.2. The van der Waals surface area contributed by atoms with Gasteiger partial charge in [-0.05, 0) is 29.3 Å². The first-order valence-electron chi connectivity index (χ1n) is 6.13. The second-order valence-corrected chi connectivity index (χ2v) is 7.62. The van der Waals surface area contributed by atoms with Crippen LogP contribution in [-0.4, -0.2) is 20.1 Å². The van der Waals surface area contributed by atoms with Crippen LogP contribution >= 0.6 is 11.3 Å². The molecule has 104 valence electrons. The van der Waals surface area contributed by atoms with E-state index in [9.17, 15) is 8.42 Å². The number of nitrogens with one attached hydrogen (secondary N) is 1. The van der Waals surface area contributed by atoms with Crippen molar-refractivity contribution in [2.75, 3.05) is 6.54 Å². The van der Waals surface area contributed by atoms with Gasteiger partial charge in [-0.15, -0.1) is 11.3 Å². The topological polar surface area (TPSA) is 66.4 Å².